The Morgan fingerprint density at radius 1 is 1.11 bits per heavy atom. The lowest BCUT2D eigenvalue weighted by Gasteiger charge is -2.25. The first-order valence-electron chi connectivity index (χ1n) is 11.5. The Kier molecular flexibility index (Phi) is 7.96. The number of sulfonamides is 1. The predicted molar refractivity (Wildman–Crippen MR) is 134 cm³/mol. The van der Waals surface area contributed by atoms with Gasteiger partial charge in [-0.1, -0.05) is 24.6 Å². The summed E-state index contributed by atoms with van der Waals surface area (Å²) < 4.78 is 48.3. The lowest BCUT2D eigenvalue weighted by atomic mass is 10.1. The molecule has 0 radical (unpaired) electrons. The van der Waals surface area contributed by atoms with Crippen molar-refractivity contribution in [3.05, 3.63) is 47.3 Å². The molecular formula is C23H29ClN6O5S. The van der Waals surface area contributed by atoms with Crippen LogP contribution in [0.15, 0.2) is 30.6 Å². The summed E-state index contributed by atoms with van der Waals surface area (Å²) in [7, 11) is -0.913. The molecule has 1 aliphatic heterocycles. The molecule has 2 aromatic heterocycles. The molecule has 0 amide bonds. The van der Waals surface area contributed by atoms with Crippen molar-refractivity contribution in [3.63, 3.8) is 0 Å². The number of hydrogen-bond donors (Lipinski definition) is 1. The van der Waals surface area contributed by atoms with Gasteiger partial charge in [-0.3, -0.25) is 9.29 Å². The van der Waals surface area contributed by atoms with Crippen molar-refractivity contribution in [2.45, 2.75) is 50.4 Å². The molecule has 1 aromatic carbocycles. The average molecular weight is 537 g/mol. The molecule has 0 spiro atoms. The highest BCUT2D eigenvalue weighted by Gasteiger charge is 2.34. The third kappa shape index (κ3) is 5.25. The van der Waals surface area contributed by atoms with E-state index in [1.54, 1.807) is 36.6 Å². The average Bonchev–Trinajstić information content (AvgIpc) is 3.30. The number of benzene rings is 1. The largest absolute Gasteiger partial charge is 0.494 e. The minimum Gasteiger partial charge on any atom is -0.494 e. The van der Waals surface area contributed by atoms with Gasteiger partial charge in [0.2, 0.25) is 16.0 Å². The van der Waals surface area contributed by atoms with Gasteiger partial charge in [0.25, 0.3) is 0 Å². The van der Waals surface area contributed by atoms with Crippen molar-refractivity contribution < 1.29 is 22.6 Å². The maximum atomic E-state index is 13.5. The minimum atomic E-state index is -3.97. The van der Waals surface area contributed by atoms with E-state index in [2.05, 4.69) is 24.9 Å². The van der Waals surface area contributed by atoms with Gasteiger partial charge in [-0.25, -0.2) is 18.4 Å². The molecular weight excluding hydrogens is 508 g/mol. The Labute approximate surface area is 215 Å². The van der Waals surface area contributed by atoms with Gasteiger partial charge >= 0.3 is 0 Å². The van der Waals surface area contributed by atoms with Crippen molar-refractivity contribution in [1.82, 2.24) is 24.7 Å². The number of nitrogens with zero attached hydrogens (tertiary/aromatic N) is 5. The molecule has 36 heavy (non-hydrogen) atoms. The fourth-order valence-electron chi connectivity index (χ4n) is 4.04. The van der Waals surface area contributed by atoms with Crippen LogP contribution in [0.4, 0.5) is 5.95 Å². The van der Waals surface area contributed by atoms with Crippen molar-refractivity contribution in [2.24, 2.45) is 0 Å². The second-order valence-corrected chi connectivity index (χ2v) is 11.0. The van der Waals surface area contributed by atoms with E-state index in [9.17, 15) is 8.42 Å². The number of rotatable bonds is 9. The van der Waals surface area contributed by atoms with Crippen molar-refractivity contribution >= 4 is 27.6 Å². The van der Waals surface area contributed by atoms with Gasteiger partial charge in [0, 0.05) is 24.9 Å². The van der Waals surface area contributed by atoms with E-state index in [1.807, 2.05) is 0 Å². The van der Waals surface area contributed by atoms with Crippen LogP contribution < -0.4 is 14.2 Å². The Morgan fingerprint density at radius 2 is 1.78 bits per heavy atom. The molecule has 13 heteroatoms. The third-order valence-corrected chi connectivity index (χ3v) is 8.31. The first-order valence-corrected chi connectivity index (χ1v) is 13.5. The molecule has 0 unspecified atom stereocenters. The van der Waals surface area contributed by atoms with Gasteiger partial charge in [-0.05, 0) is 38.3 Å². The van der Waals surface area contributed by atoms with Crippen LogP contribution in [0.2, 0.25) is 5.02 Å². The molecule has 1 saturated heterocycles. The molecule has 4 rings (SSSR count). The predicted octanol–water partition coefficient (Wildman–Crippen LogP) is 3.90. The number of para-hydroxylation sites is 1. The first kappa shape index (κ1) is 26.1. The zero-order valence-corrected chi connectivity index (χ0v) is 22.1. The standard InChI is InChI=1S/C23H29ClN6O5S/c1-14(21-25-12-16(24)13-26-21)15(2)36(31,32)29-23-28-27-22(19-8-5-6-11-35-19)30(23)20-17(33-3)9-7-10-18(20)34-4/h7,9-10,12-15,19H,5-6,8,11H2,1-4H3,(H,28,29)/t14-,15-,19-/m0/s1. The molecule has 1 N–H and O–H groups in total. The maximum Gasteiger partial charge on any atom is 0.243 e. The van der Waals surface area contributed by atoms with Crippen molar-refractivity contribution in [3.8, 4) is 17.2 Å². The second-order valence-electron chi connectivity index (χ2n) is 8.48. The van der Waals surface area contributed by atoms with Crippen LogP contribution in [0.1, 0.15) is 56.8 Å². The molecule has 0 bridgehead atoms. The normalized spacial score (nSPS) is 17.9. The molecule has 1 fully saturated rings. The van der Waals surface area contributed by atoms with E-state index < -0.39 is 21.2 Å². The SMILES string of the molecule is COc1cccc(OC)c1-n1c(NS(=O)(=O)[C@@H](C)[C@H](C)c2ncc(Cl)cn2)nnc1[C@@H]1CCCCO1. The zero-order valence-electron chi connectivity index (χ0n) is 20.5. The zero-order chi connectivity index (χ0) is 25.9. The van der Waals surface area contributed by atoms with Crippen molar-refractivity contribution in [1.29, 1.82) is 0 Å². The third-order valence-electron chi connectivity index (χ3n) is 6.26. The summed E-state index contributed by atoms with van der Waals surface area (Å²) >= 11 is 5.88. The fraction of sp³-hybridized carbons (Fsp3) is 0.478. The van der Waals surface area contributed by atoms with E-state index >= 15 is 0 Å². The highest BCUT2D eigenvalue weighted by molar-refractivity contribution is 7.93. The highest BCUT2D eigenvalue weighted by Crippen LogP contribution is 2.39. The monoisotopic (exact) mass is 536 g/mol. The Hall–Kier alpha value is -2.96. The van der Waals surface area contributed by atoms with E-state index in [0.717, 1.165) is 19.3 Å². The molecule has 0 saturated carbocycles. The summed E-state index contributed by atoms with van der Waals surface area (Å²) in [6.45, 7) is 3.90. The van der Waals surface area contributed by atoms with E-state index in [-0.39, 0.29) is 12.1 Å². The molecule has 3 aromatic rings. The summed E-state index contributed by atoms with van der Waals surface area (Å²) in [5.74, 6) is 1.21. The number of hydrogen-bond acceptors (Lipinski definition) is 9. The van der Waals surface area contributed by atoms with Gasteiger partial charge in [-0.2, -0.15) is 0 Å². The van der Waals surface area contributed by atoms with Crippen LogP contribution >= 0.6 is 11.6 Å². The summed E-state index contributed by atoms with van der Waals surface area (Å²) in [5.41, 5.74) is 0.469. The topological polar surface area (TPSA) is 130 Å². The van der Waals surface area contributed by atoms with Gasteiger partial charge in [0.15, 0.2) is 5.82 Å². The van der Waals surface area contributed by atoms with Gasteiger partial charge in [-0.15, -0.1) is 10.2 Å². The number of ether oxygens (including phenoxy) is 3. The van der Waals surface area contributed by atoms with E-state index in [1.165, 1.54) is 26.6 Å². The molecule has 194 valence electrons. The quantitative estimate of drug-likeness (QED) is 0.432. The van der Waals surface area contributed by atoms with Crippen LogP contribution in [-0.2, 0) is 14.8 Å². The minimum absolute atomic E-state index is 0.00181. The number of anilines is 1. The number of halogens is 1. The Bertz CT molecular complexity index is 1270. The number of methoxy groups -OCH3 is 2. The van der Waals surface area contributed by atoms with E-state index in [0.29, 0.717) is 40.5 Å². The maximum absolute atomic E-state index is 13.5. The van der Waals surface area contributed by atoms with Gasteiger partial charge in [0.1, 0.15) is 29.1 Å². The second kappa shape index (κ2) is 11.0. The Morgan fingerprint density at radius 3 is 2.36 bits per heavy atom. The molecule has 0 aliphatic carbocycles. The fourth-order valence-corrected chi connectivity index (χ4v) is 5.37. The summed E-state index contributed by atoms with van der Waals surface area (Å²) in [4.78, 5) is 8.36. The lowest BCUT2D eigenvalue weighted by Crippen LogP contribution is -2.31. The molecule has 1 aliphatic rings. The highest BCUT2D eigenvalue weighted by atomic mass is 35.5. The van der Waals surface area contributed by atoms with Crippen LogP contribution in [0.3, 0.4) is 0 Å². The van der Waals surface area contributed by atoms with Crippen LogP contribution in [0.5, 0.6) is 11.5 Å². The number of nitrogens with one attached hydrogen (secondary N) is 1. The van der Waals surface area contributed by atoms with Gasteiger partial charge < -0.3 is 14.2 Å². The lowest BCUT2D eigenvalue weighted by molar-refractivity contribution is 0.00839. The summed E-state index contributed by atoms with van der Waals surface area (Å²) in [6, 6.07) is 5.29. The van der Waals surface area contributed by atoms with Crippen LogP contribution in [0, 0.1) is 0 Å². The van der Waals surface area contributed by atoms with Gasteiger partial charge in [0.05, 0.1) is 24.5 Å². The summed E-state index contributed by atoms with van der Waals surface area (Å²) in [5, 5.41) is 8.01. The molecule has 3 atom stereocenters. The summed E-state index contributed by atoms with van der Waals surface area (Å²) in [6.07, 6.45) is 5.14. The van der Waals surface area contributed by atoms with Crippen molar-refractivity contribution in [2.75, 3.05) is 25.5 Å². The number of aromatic nitrogens is 5. The van der Waals surface area contributed by atoms with Crippen LogP contribution in [-0.4, -0.2) is 59.2 Å². The molecule has 11 nitrogen and oxygen atoms in total. The molecule has 3 heterocycles. The Balaban J connectivity index is 1.77. The first-order chi connectivity index (χ1) is 17.3. The van der Waals surface area contributed by atoms with Crippen LogP contribution in [0.25, 0.3) is 5.69 Å². The smallest absolute Gasteiger partial charge is 0.243 e. The van der Waals surface area contributed by atoms with E-state index in [4.69, 9.17) is 25.8 Å².